The van der Waals surface area contributed by atoms with E-state index in [-0.39, 0.29) is 0 Å². The lowest BCUT2D eigenvalue weighted by Gasteiger charge is -2.17. The molecule has 0 bridgehead atoms. The van der Waals surface area contributed by atoms with Gasteiger partial charge in [0.15, 0.2) is 6.29 Å². The predicted octanol–water partition coefficient (Wildman–Crippen LogP) is 1.74. The minimum absolute atomic E-state index is 0.696. The van der Waals surface area contributed by atoms with Gasteiger partial charge in [0, 0.05) is 19.3 Å². The Bertz CT molecular complexity index is 338. The number of hydrogen-bond acceptors (Lipinski definition) is 3. The summed E-state index contributed by atoms with van der Waals surface area (Å²) >= 11 is 0. The van der Waals surface area contributed by atoms with Crippen molar-refractivity contribution >= 4 is 12.1 Å². The third-order valence-electron chi connectivity index (χ3n) is 2.67. The molecule has 1 unspecified atom stereocenters. The van der Waals surface area contributed by atoms with Gasteiger partial charge in [0.25, 0.3) is 0 Å². The molecule has 1 aliphatic heterocycles. The van der Waals surface area contributed by atoms with Gasteiger partial charge < -0.3 is 4.90 Å². The molecule has 1 aromatic rings. The van der Waals surface area contributed by atoms with Gasteiger partial charge in [0.1, 0.15) is 5.82 Å². The van der Waals surface area contributed by atoms with E-state index in [1.807, 2.05) is 6.07 Å². The highest BCUT2D eigenvalue weighted by molar-refractivity contribution is 5.82. The van der Waals surface area contributed by atoms with E-state index >= 15 is 0 Å². The van der Waals surface area contributed by atoms with Gasteiger partial charge in [-0.25, -0.2) is 4.98 Å². The van der Waals surface area contributed by atoms with E-state index in [4.69, 9.17) is 0 Å². The van der Waals surface area contributed by atoms with Crippen molar-refractivity contribution in [3.63, 3.8) is 0 Å². The molecule has 1 aliphatic rings. The average Bonchev–Trinajstić information content (AvgIpc) is 2.65. The minimum Gasteiger partial charge on any atom is -0.356 e. The SMILES string of the molecule is CC1CCN(c2ncccc2C=O)C1. The summed E-state index contributed by atoms with van der Waals surface area (Å²) in [7, 11) is 0. The van der Waals surface area contributed by atoms with Crippen LogP contribution in [0.3, 0.4) is 0 Å². The molecule has 1 aromatic heterocycles. The summed E-state index contributed by atoms with van der Waals surface area (Å²) in [6.07, 6.45) is 3.81. The number of aldehydes is 1. The summed E-state index contributed by atoms with van der Waals surface area (Å²) in [5.74, 6) is 1.54. The Morgan fingerprint density at radius 1 is 1.64 bits per heavy atom. The van der Waals surface area contributed by atoms with Gasteiger partial charge in [-0.1, -0.05) is 6.92 Å². The number of carbonyl (C=O) groups is 1. The van der Waals surface area contributed by atoms with Gasteiger partial charge in [0.2, 0.25) is 0 Å². The quantitative estimate of drug-likeness (QED) is 0.666. The Morgan fingerprint density at radius 2 is 2.50 bits per heavy atom. The van der Waals surface area contributed by atoms with Crippen LogP contribution in [0.25, 0.3) is 0 Å². The first-order valence-corrected chi connectivity index (χ1v) is 4.96. The highest BCUT2D eigenvalue weighted by atomic mass is 16.1. The number of nitrogens with zero attached hydrogens (tertiary/aromatic N) is 2. The molecule has 14 heavy (non-hydrogen) atoms. The number of aromatic nitrogens is 1. The second-order valence-electron chi connectivity index (χ2n) is 3.87. The van der Waals surface area contributed by atoms with Crippen LogP contribution in [0.4, 0.5) is 5.82 Å². The smallest absolute Gasteiger partial charge is 0.153 e. The topological polar surface area (TPSA) is 33.2 Å². The van der Waals surface area contributed by atoms with Gasteiger partial charge in [-0.3, -0.25) is 4.79 Å². The van der Waals surface area contributed by atoms with E-state index in [1.165, 1.54) is 6.42 Å². The molecular weight excluding hydrogens is 176 g/mol. The fourth-order valence-electron chi connectivity index (χ4n) is 1.89. The van der Waals surface area contributed by atoms with Crippen molar-refractivity contribution in [1.29, 1.82) is 0 Å². The van der Waals surface area contributed by atoms with Crippen LogP contribution in [0, 0.1) is 5.92 Å². The summed E-state index contributed by atoms with van der Waals surface area (Å²) in [6, 6.07) is 3.62. The monoisotopic (exact) mass is 190 g/mol. The van der Waals surface area contributed by atoms with Crippen molar-refractivity contribution in [3.05, 3.63) is 23.9 Å². The molecule has 74 valence electrons. The molecule has 1 fully saturated rings. The summed E-state index contributed by atoms with van der Waals surface area (Å²) in [5, 5.41) is 0. The molecule has 2 rings (SSSR count). The molecule has 0 amide bonds. The fourth-order valence-corrected chi connectivity index (χ4v) is 1.89. The van der Waals surface area contributed by atoms with Crippen molar-refractivity contribution in [3.8, 4) is 0 Å². The molecule has 0 aliphatic carbocycles. The van der Waals surface area contributed by atoms with Gasteiger partial charge in [-0.2, -0.15) is 0 Å². The predicted molar refractivity (Wildman–Crippen MR) is 55.6 cm³/mol. The zero-order valence-corrected chi connectivity index (χ0v) is 8.31. The van der Waals surface area contributed by atoms with Crippen LogP contribution in [0.5, 0.6) is 0 Å². The maximum atomic E-state index is 10.8. The molecule has 0 radical (unpaired) electrons. The fraction of sp³-hybridized carbons (Fsp3) is 0.455. The van der Waals surface area contributed by atoms with Crippen LogP contribution in [0.15, 0.2) is 18.3 Å². The standard InChI is InChI=1S/C11H14N2O/c1-9-4-6-13(7-9)11-10(8-14)3-2-5-12-11/h2-3,5,8-9H,4,6-7H2,1H3. The Labute approximate surface area is 83.8 Å². The van der Waals surface area contributed by atoms with E-state index in [0.717, 1.165) is 25.2 Å². The number of rotatable bonds is 2. The molecule has 3 nitrogen and oxygen atoms in total. The molecule has 0 aromatic carbocycles. The highest BCUT2D eigenvalue weighted by Gasteiger charge is 2.21. The first-order chi connectivity index (χ1) is 6.81. The van der Waals surface area contributed by atoms with Crippen molar-refractivity contribution < 1.29 is 4.79 Å². The Hall–Kier alpha value is -1.38. The van der Waals surface area contributed by atoms with Crippen molar-refractivity contribution in [2.45, 2.75) is 13.3 Å². The number of pyridine rings is 1. The summed E-state index contributed by atoms with van der Waals surface area (Å²) in [5.41, 5.74) is 0.696. The zero-order chi connectivity index (χ0) is 9.97. The maximum absolute atomic E-state index is 10.8. The normalized spacial score (nSPS) is 21.2. The van der Waals surface area contributed by atoms with Gasteiger partial charge in [0.05, 0.1) is 5.56 Å². The van der Waals surface area contributed by atoms with Crippen LogP contribution in [0.2, 0.25) is 0 Å². The third kappa shape index (κ3) is 1.62. The van der Waals surface area contributed by atoms with Gasteiger partial charge in [-0.05, 0) is 24.5 Å². The first kappa shape index (κ1) is 9.19. The van der Waals surface area contributed by atoms with E-state index in [9.17, 15) is 4.79 Å². The second-order valence-corrected chi connectivity index (χ2v) is 3.87. The average molecular weight is 190 g/mol. The molecular formula is C11H14N2O. The Morgan fingerprint density at radius 3 is 3.14 bits per heavy atom. The van der Waals surface area contributed by atoms with Crippen molar-refractivity contribution in [2.24, 2.45) is 5.92 Å². The number of anilines is 1. The van der Waals surface area contributed by atoms with Crippen LogP contribution in [-0.4, -0.2) is 24.4 Å². The summed E-state index contributed by atoms with van der Waals surface area (Å²) in [6.45, 7) is 4.25. The molecule has 0 spiro atoms. The van der Waals surface area contributed by atoms with Crippen molar-refractivity contribution in [1.82, 2.24) is 4.98 Å². The molecule has 1 atom stereocenters. The van der Waals surface area contributed by atoms with Crippen LogP contribution >= 0.6 is 0 Å². The molecule has 2 heterocycles. The van der Waals surface area contributed by atoms with Crippen molar-refractivity contribution in [2.75, 3.05) is 18.0 Å². The van der Waals surface area contributed by atoms with E-state index in [2.05, 4.69) is 16.8 Å². The lowest BCUT2D eigenvalue weighted by atomic mass is 10.2. The van der Waals surface area contributed by atoms with E-state index in [1.54, 1.807) is 12.3 Å². The number of carbonyl (C=O) groups excluding carboxylic acids is 1. The lowest BCUT2D eigenvalue weighted by molar-refractivity contribution is 0.112. The lowest BCUT2D eigenvalue weighted by Crippen LogP contribution is -2.21. The second kappa shape index (κ2) is 3.78. The van der Waals surface area contributed by atoms with Gasteiger partial charge >= 0.3 is 0 Å². The van der Waals surface area contributed by atoms with Crippen LogP contribution < -0.4 is 4.90 Å². The molecule has 0 N–H and O–H groups in total. The Balaban J connectivity index is 2.27. The summed E-state index contributed by atoms with van der Waals surface area (Å²) < 4.78 is 0. The zero-order valence-electron chi connectivity index (χ0n) is 8.31. The van der Waals surface area contributed by atoms with E-state index < -0.39 is 0 Å². The highest BCUT2D eigenvalue weighted by Crippen LogP contribution is 2.23. The van der Waals surface area contributed by atoms with Gasteiger partial charge in [-0.15, -0.1) is 0 Å². The maximum Gasteiger partial charge on any atom is 0.153 e. The molecule has 0 saturated carbocycles. The molecule has 1 saturated heterocycles. The molecule has 3 heteroatoms. The summed E-state index contributed by atoms with van der Waals surface area (Å²) in [4.78, 5) is 17.2. The number of hydrogen-bond donors (Lipinski definition) is 0. The minimum atomic E-state index is 0.696. The van der Waals surface area contributed by atoms with Crippen LogP contribution in [0.1, 0.15) is 23.7 Å². The third-order valence-corrected chi connectivity index (χ3v) is 2.67. The first-order valence-electron chi connectivity index (χ1n) is 4.96. The Kier molecular flexibility index (Phi) is 2.48. The largest absolute Gasteiger partial charge is 0.356 e. The van der Waals surface area contributed by atoms with Crippen LogP contribution in [-0.2, 0) is 0 Å². The van der Waals surface area contributed by atoms with E-state index in [0.29, 0.717) is 11.5 Å².